The number of likely N-dealkylation sites (N-methyl/N-ethyl adjacent to an activating group) is 1. The van der Waals surface area contributed by atoms with Gasteiger partial charge in [0, 0.05) is 19.5 Å². The predicted octanol–water partition coefficient (Wildman–Crippen LogP) is -0.0750. The molecular formula is C15H17N3O4. The Hall–Kier alpha value is -2.70. The monoisotopic (exact) mass is 303 g/mol. The molecular weight excluding hydrogens is 286 g/mol. The summed E-state index contributed by atoms with van der Waals surface area (Å²) in [5.41, 5.74) is 0.713. The van der Waals surface area contributed by atoms with E-state index in [9.17, 15) is 19.2 Å². The van der Waals surface area contributed by atoms with Crippen LogP contribution >= 0.6 is 0 Å². The molecule has 0 spiro atoms. The fourth-order valence-electron chi connectivity index (χ4n) is 2.18. The number of hydrogen-bond acceptors (Lipinski definition) is 4. The average Bonchev–Trinajstić information content (AvgIpc) is 2.76. The Labute approximate surface area is 127 Å². The van der Waals surface area contributed by atoms with Crippen LogP contribution in [0.3, 0.4) is 0 Å². The van der Waals surface area contributed by atoms with Gasteiger partial charge >= 0.3 is 0 Å². The lowest BCUT2D eigenvalue weighted by Gasteiger charge is -2.13. The molecule has 1 aromatic carbocycles. The van der Waals surface area contributed by atoms with Crippen molar-refractivity contribution >= 4 is 23.6 Å². The molecule has 2 rings (SSSR count). The lowest BCUT2D eigenvalue weighted by atomic mass is 10.1. The second-order valence-electron chi connectivity index (χ2n) is 4.79. The molecule has 22 heavy (non-hydrogen) atoms. The number of benzene rings is 1. The normalized spacial score (nSPS) is 13.0. The summed E-state index contributed by atoms with van der Waals surface area (Å²) in [6.45, 7) is 2.15. The van der Waals surface area contributed by atoms with Gasteiger partial charge in [0.1, 0.15) is 0 Å². The number of imide groups is 1. The first kappa shape index (κ1) is 15.7. The van der Waals surface area contributed by atoms with Gasteiger partial charge < -0.3 is 10.6 Å². The molecule has 0 fully saturated rings. The minimum atomic E-state index is -0.392. The highest BCUT2D eigenvalue weighted by Gasteiger charge is 2.34. The van der Waals surface area contributed by atoms with Crippen LogP contribution in [0, 0.1) is 0 Å². The lowest BCUT2D eigenvalue weighted by molar-refractivity contribution is -0.126. The zero-order valence-electron chi connectivity index (χ0n) is 12.2. The highest BCUT2D eigenvalue weighted by molar-refractivity contribution is 6.21. The first-order chi connectivity index (χ1) is 10.5. The van der Waals surface area contributed by atoms with Crippen molar-refractivity contribution in [3.8, 4) is 0 Å². The molecule has 0 aliphatic carbocycles. The Bertz CT molecular complexity index is 592. The molecule has 0 unspecified atom stereocenters. The SMILES string of the molecule is CCNC(=O)CNC(=O)CCN1C(=O)c2ccccc2C1=O. The van der Waals surface area contributed by atoms with E-state index in [0.29, 0.717) is 17.7 Å². The summed E-state index contributed by atoms with van der Waals surface area (Å²) in [6.07, 6.45) is -0.0368. The van der Waals surface area contributed by atoms with E-state index >= 15 is 0 Å². The van der Waals surface area contributed by atoms with Crippen LogP contribution in [0.25, 0.3) is 0 Å². The third-order valence-corrected chi connectivity index (χ3v) is 3.26. The van der Waals surface area contributed by atoms with Crippen molar-refractivity contribution < 1.29 is 19.2 Å². The predicted molar refractivity (Wildman–Crippen MR) is 78.1 cm³/mol. The molecule has 1 aliphatic rings. The van der Waals surface area contributed by atoms with Gasteiger partial charge in [0.25, 0.3) is 11.8 Å². The topological polar surface area (TPSA) is 95.6 Å². The number of rotatable bonds is 6. The van der Waals surface area contributed by atoms with Crippen molar-refractivity contribution in [2.24, 2.45) is 0 Å². The Kier molecular flexibility index (Phi) is 4.88. The minimum Gasteiger partial charge on any atom is -0.355 e. The van der Waals surface area contributed by atoms with E-state index < -0.39 is 11.8 Å². The first-order valence-electron chi connectivity index (χ1n) is 7.03. The van der Waals surface area contributed by atoms with Crippen molar-refractivity contribution in [3.05, 3.63) is 35.4 Å². The van der Waals surface area contributed by atoms with Gasteiger partial charge in [-0.3, -0.25) is 24.1 Å². The zero-order valence-corrected chi connectivity index (χ0v) is 12.2. The van der Waals surface area contributed by atoms with Crippen molar-refractivity contribution in [1.29, 1.82) is 0 Å². The van der Waals surface area contributed by atoms with Gasteiger partial charge in [-0.2, -0.15) is 0 Å². The first-order valence-corrected chi connectivity index (χ1v) is 7.03. The van der Waals surface area contributed by atoms with E-state index in [0.717, 1.165) is 4.90 Å². The van der Waals surface area contributed by atoms with E-state index in [-0.39, 0.29) is 31.3 Å². The van der Waals surface area contributed by atoms with Crippen LogP contribution in [0.4, 0.5) is 0 Å². The van der Waals surface area contributed by atoms with Gasteiger partial charge in [-0.25, -0.2) is 0 Å². The molecule has 7 heteroatoms. The molecule has 0 saturated carbocycles. The van der Waals surface area contributed by atoms with Crippen LogP contribution in [0.5, 0.6) is 0 Å². The Balaban J connectivity index is 1.86. The molecule has 1 aromatic rings. The molecule has 0 saturated heterocycles. The van der Waals surface area contributed by atoms with Gasteiger partial charge in [-0.15, -0.1) is 0 Å². The summed E-state index contributed by atoms with van der Waals surface area (Å²) in [7, 11) is 0. The molecule has 0 atom stereocenters. The van der Waals surface area contributed by atoms with Crippen LogP contribution in [-0.2, 0) is 9.59 Å². The summed E-state index contributed by atoms with van der Waals surface area (Å²) in [5.74, 6) is -1.45. The van der Waals surface area contributed by atoms with Crippen LogP contribution < -0.4 is 10.6 Å². The molecule has 4 amide bonds. The lowest BCUT2D eigenvalue weighted by Crippen LogP contribution is -2.39. The minimum absolute atomic E-state index is 0.00637. The van der Waals surface area contributed by atoms with Crippen LogP contribution in [-0.4, -0.2) is 48.2 Å². The molecule has 0 bridgehead atoms. The number of amides is 4. The Morgan fingerprint density at radius 3 is 2.14 bits per heavy atom. The Morgan fingerprint density at radius 1 is 1.00 bits per heavy atom. The van der Waals surface area contributed by atoms with E-state index in [2.05, 4.69) is 10.6 Å². The van der Waals surface area contributed by atoms with Crippen molar-refractivity contribution in [2.75, 3.05) is 19.6 Å². The number of carbonyl (C=O) groups excluding carboxylic acids is 4. The molecule has 116 valence electrons. The second kappa shape index (κ2) is 6.84. The van der Waals surface area contributed by atoms with Gasteiger partial charge in [-0.1, -0.05) is 12.1 Å². The molecule has 7 nitrogen and oxygen atoms in total. The van der Waals surface area contributed by atoms with Crippen molar-refractivity contribution in [3.63, 3.8) is 0 Å². The average molecular weight is 303 g/mol. The van der Waals surface area contributed by atoms with Gasteiger partial charge in [0.2, 0.25) is 11.8 Å². The fourth-order valence-corrected chi connectivity index (χ4v) is 2.18. The van der Waals surface area contributed by atoms with E-state index in [1.807, 2.05) is 0 Å². The molecule has 1 aliphatic heterocycles. The van der Waals surface area contributed by atoms with Crippen LogP contribution in [0.1, 0.15) is 34.1 Å². The standard InChI is InChI=1S/C15H17N3O4/c1-2-16-13(20)9-17-12(19)7-8-18-14(21)10-5-3-4-6-11(10)15(18)22/h3-6H,2,7-9H2,1H3,(H,16,20)(H,17,19). The maximum atomic E-state index is 12.1. The highest BCUT2D eigenvalue weighted by Crippen LogP contribution is 2.22. The maximum absolute atomic E-state index is 12.1. The summed E-state index contributed by atoms with van der Waals surface area (Å²) in [6, 6.07) is 6.55. The molecule has 2 N–H and O–H groups in total. The van der Waals surface area contributed by atoms with E-state index in [4.69, 9.17) is 0 Å². The van der Waals surface area contributed by atoms with Gasteiger partial charge in [-0.05, 0) is 19.1 Å². The van der Waals surface area contributed by atoms with Crippen LogP contribution in [0.15, 0.2) is 24.3 Å². The molecule has 1 heterocycles. The van der Waals surface area contributed by atoms with Crippen LogP contribution in [0.2, 0.25) is 0 Å². The quantitative estimate of drug-likeness (QED) is 0.719. The zero-order chi connectivity index (χ0) is 16.1. The number of hydrogen-bond donors (Lipinski definition) is 2. The fraction of sp³-hybridized carbons (Fsp3) is 0.333. The molecule has 0 radical (unpaired) electrons. The Morgan fingerprint density at radius 2 is 1.59 bits per heavy atom. The summed E-state index contributed by atoms with van der Waals surface area (Å²) in [5, 5.41) is 4.99. The summed E-state index contributed by atoms with van der Waals surface area (Å²) in [4.78, 5) is 48.1. The van der Waals surface area contributed by atoms with E-state index in [1.54, 1.807) is 31.2 Å². The van der Waals surface area contributed by atoms with E-state index in [1.165, 1.54) is 0 Å². The van der Waals surface area contributed by atoms with Crippen molar-refractivity contribution in [1.82, 2.24) is 15.5 Å². The number of nitrogens with one attached hydrogen (secondary N) is 2. The summed E-state index contributed by atoms with van der Waals surface area (Å²) < 4.78 is 0. The molecule has 0 aromatic heterocycles. The van der Waals surface area contributed by atoms with Gasteiger partial charge in [0.15, 0.2) is 0 Å². The smallest absolute Gasteiger partial charge is 0.261 e. The largest absolute Gasteiger partial charge is 0.355 e. The number of carbonyl (C=O) groups is 4. The third-order valence-electron chi connectivity index (χ3n) is 3.26. The van der Waals surface area contributed by atoms with Gasteiger partial charge in [0.05, 0.1) is 17.7 Å². The number of fused-ring (bicyclic) bond motifs is 1. The van der Waals surface area contributed by atoms with Crippen molar-refractivity contribution in [2.45, 2.75) is 13.3 Å². The maximum Gasteiger partial charge on any atom is 0.261 e. The second-order valence-corrected chi connectivity index (χ2v) is 4.79. The third kappa shape index (κ3) is 3.30. The number of nitrogens with zero attached hydrogens (tertiary/aromatic N) is 1. The highest BCUT2D eigenvalue weighted by atomic mass is 16.2. The summed E-state index contributed by atoms with van der Waals surface area (Å²) >= 11 is 0.